The number of hydrogen-bond donors (Lipinski definition) is 2. The van der Waals surface area contributed by atoms with Crippen LogP contribution in [-0.4, -0.2) is 74.4 Å². The second-order valence-corrected chi connectivity index (χ2v) is 10.6. The third-order valence-electron chi connectivity index (χ3n) is 6.10. The van der Waals surface area contributed by atoms with E-state index in [1.54, 1.807) is 13.1 Å². The third-order valence-corrected chi connectivity index (χ3v) is 7.56. The summed E-state index contributed by atoms with van der Waals surface area (Å²) in [6.45, 7) is 8.26. The van der Waals surface area contributed by atoms with Crippen LogP contribution in [-0.2, 0) is 17.2 Å². The Hall–Kier alpha value is -2.90. The molecule has 174 valence electrons. The Balaban J connectivity index is 1.41. The predicted octanol–water partition coefficient (Wildman–Crippen LogP) is 1.18. The van der Waals surface area contributed by atoms with Crippen molar-refractivity contribution in [2.75, 3.05) is 53.7 Å². The number of aliphatic hydroxyl groups excluding tert-OH is 1. The van der Waals surface area contributed by atoms with Crippen molar-refractivity contribution in [1.29, 1.82) is 0 Å². The predicted molar refractivity (Wildman–Crippen MR) is 127 cm³/mol. The van der Waals surface area contributed by atoms with Crippen molar-refractivity contribution in [1.82, 2.24) is 15.0 Å². The number of nitrogens with zero attached hydrogens (tertiary/aromatic N) is 5. The van der Waals surface area contributed by atoms with E-state index in [4.69, 9.17) is 14.7 Å². The number of nitrogens with one attached hydrogen (secondary N) is 1. The van der Waals surface area contributed by atoms with Gasteiger partial charge in [-0.1, -0.05) is 5.92 Å². The molecule has 2 aromatic heterocycles. The van der Waals surface area contributed by atoms with Crippen LogP contribution in [0.5, 0.6) is 5.75 Å². The van der Waals surface area contributed by atoms with Gasteiger partial charge >= 0.3 is 0 Å². The van der Waals surface area contributed by atoms with Crippen molar-refractivity contribution in [3.63, 3.8) is 0 Å². The number of ether oxygens (including phenoxy) is 1. The Bertz CT molecular complexity index is 1170. The molecule has 3 aliphatic rings. The van der Waals surface area contributed by atoms with Crippen LogP contribution in [0.2, 0.25) is 0 Å². The number of aromatic nitrogens is 3. The Morgan fingerprint density at radius 2 is 2.21 bits per heavy atom. The Morgan fingerprint density at radius 3 is 3.00 bits per heavy atom. The molecule has 0 saturated carbocycles. The van der Waals surface area contributed by atoms with E-state index in [9.17, 15) is 9.32 Å². The second kappa shape index (κ2) is 8.47. The molecular weight excluding hydrogens is 440 g/mol. The highest BCUT2D eigenvalue weighted by Crippen LogP contribution is 2.36. The Morgan fingerprint density at radius 1 is 1.36 bits per heavy atom. The molecule has 2 N–H and O–H groups in total. The Labute approximate surface area is 196 Å². The van der Waals surface area contributed by atoms with E-state index in [1.165, 1.54) is 0 Å². The summed E-state index contributed by atoms with van der Waals surface area (Å²) < 4.78 is 18.6. The normalized spacial score (nSPS) is 21.3. The highest BCUT2D eigenvalue weighted by molar-refractivity contribution is 7.85. The number of hydrogen-bond acceptors (Lipinski definition) is 9. The first kappa shape index (κ1) is 21.9. The summed E-state index contributed by atoms with van der Waals surface area (Å²) in [5.41, 5.74) is 1.09. The van der Waals surface area contributed by atoms with Gasteiger partial charge in [0.1, 0.15) is 17.3 Å². The lowest BCUT2D eigenvalue weighted by atomic mass is 10.1. The van der Waals surface area contributed by atoms with Gasteiger partial charge in [-0.25, -0.2) is 9.97 Å². The van der Waals surface area contributed by atoms with Crippen LogP contribution in [0, 0.1) is 11.8 Å². The summed E-state index contributed by atoms with van der Waals surface area (Å²) in [5, 5.41) is 13.0. The monoisotopic (exact) mass is 468 g/mol. The molecule has 3 aliphatic heterocycles. The van der Waals surface area contributed by atoms with E-state index < -0.39 is 16.3 Å². The zero-order valence-corrected chi connectivity index (χ0v) is 19.9. The van der Waals surface area contributed by atoms with Gasteiger partial charge < -0.3 is 25.0 Å². The van der Waals surface area contributed by atoms with Crippen LogP contribution < -0.4 is 19.9 Å². The van der Waals surface area contributed by atoms with Crippen molar-refractivity contribution in [3.8, 4) is 17.6 Å². The zero-order valence-electron chi connectivity index (χ0n) is 19.1. The van der Waals surface area contributed by atoms with Crippen molar-refractivity contribution < 1.29 is 14.1 Å². The lowest BCUT2D eigenvalue weighted by Gasteiger charge is -2.44. The van der Waals surface area contributed by atoms with E-state index >= 15 is 0 Å². The van der Waals surface area contributed by atoms with Gasteiger partial charge in [0.2, 0.25) is 5.95 Å². The van der Waals surface area contributed by atoms with Gasteiger partial charge in [-0.2, -0.15) is 4.98 Å². The van der Waals surface area contributed by atoms with Crippen molar-refractivity contribution >= 4 is 28.4 Å². The number of fused-ring (bicyclic) bond motifs is 4. The Kier molecular flexibility index (Phi) is 5.62. The average molecular weight is 469 g/mol. The van der Waals surface area contributed by atoms with E-state index in [2.05, 4.69) is 31.9 Å². The van der Waals surface area contributed by atoms with Gasteiger partial charge in [0.15, 0.2) is 11.6 Å². The van der Waals surface area contributed by atoms with E-state index in [0.29, 0.717) is 42.0 Å². The van der Waals surface area contributed by atoms with Crippen molar-refractivity contribution in [3.05, 3.63) is 23.5 Å². The fourth-order valence-corrected chi connectivity index (χ4v) is 5.69. The first-order valence-corrected chi connectivity index (χ1v) is 12.5. The standard InChI is InChI=1S/C23H28N6O3S/c1-4-5-15-10-18-21(24-11-15)29-8-7-28(12-16(29)13-32-18)22-25-17-6-9-33(31)19(17)20(26-22)27-23(2,3)14-30/h10-11,16,30H,6-9,12-14H2,1-3H3,(H,25,26,27)/t16-,33-/m1/s1. The first-order chi connectivity index (χ1) is 15.9. The van der Waals surface area contributed by atoms with Gasteiger partial charge in [-0.15, -0.1) is 5.92 Å². The van der Waals surface area contributed by atoms with Crippen LogP contribution in [0.1, 0.15) is 32.0 Å². The molecule has 1 fully saturated rings. The number of rotatable bonds is 4. The van der Waals surface area contributed by atoms with Gasteiger partial charge in [-0.05, 0) is 20.8 Å². The maximum Gasteiger partial charge on any atom is 0.227 e. The molecule has 0 radical (unpaired) electrons. The summed E-state index contributed by atoms with van der Waals surface area (Å²) in [7, 11) is -1.13. The van der Waals surface area contributed by atoms with E-state index in [-0.39, 0.29) is 12.6 Å². The topological polar surface area (TPSA) is 104 Å². The minimum absolute atomic E-state index is 0.0657. The van der Waals surface area contributed by atoms with Crippen molar-refractivity contribution in [2.45, 2.75) is 43.7 Å². The van der Waals surface area contributed by atoms with Crippen LogP contribution in [0.25, 0.3) is 0 Å². The molecule has 9 nitrogen and oxygen atoms in total. The van der Waals surface area contributed by atoms with E-state index in [0.717, 1.165) is 35.9 Å². The lowest BCUT2D eigenvalue weighted by Crippen LogP contribution is -2.58. The number of piperazine rings is 1. The maximum absolute atomic E-state index is 12.6. The maximum atomic E-state index is 12.6. The summed E-state index contributed by atoms with van der Waals surface area (Å²) in [5.74, 6) is 9.28. The van der Waals surface area contributed by atoms with Gasteiger partial charge in [0.05, 0.1) is 34.7 Å². The molecule has 0 unspecified atom stereocenters. The smallest absolute Gasteiger partial charge is 0.227 e. The molecule has 0 bridgehead atoms. The quantitative estimate of drug-likeness (QED) is 0.640. The molecule has 0 aliphatic carbocycles. The van der Waals surface area contributed by atoms with Crippen LogP contribution in [0.15, 0.2) is 17.2 Å². The van der Waals surface area contributed by atoms with Crippen LogP contribution >= 0.6 is 0 Å². The van der Waals surface area contributed by atoms with Crippen molar-refractivity contribution in [2.24, 2.45) is 0 Å². The molecular formula is C23H28N6O3S. The van der Waals surface area contributed by atoms with Crippen LogP contribution in [0.3, 0.4) is 0 Å². The summed E-state index contributed by atoms with van der Waals surface area (Å²) >= 11 is 0. The lowest BCUT2D eigenvalue weighted by molar-refractivity contribution is 0.233. The zero-order chi connectivity index (χ0) is 23.2. The molecule has 0 spiro atoms. The molecule has 33 heavy (non-hydrogen) atoms. The number of aryl methyl sites for hydroxylation is 1. The molecule has 5 heterocycles. The minimum atomic E-state index is -1.13. The highest BCUT2D eigenvalue weighted by atomic mass is 32.2. The molecule has 1 saturated heterocycles. The summed E-state index contributed by atoms with van der Waals surface area (Å²) in [6, 6.07) is 2.07. The molecule has 5 rings (SSSR count). The fourth-order valence-electron chi connectivity index (χ4n) is 4.39. The number of aliphatic hydroxyl groups is 1. The largest absolute Gasteiger partial charge is 0.487 e. The third kappa shape index (κ3) is 4.11. The van der Waals surface area contributed by atoms with Gasteiger partial charge in [0, 0.05) is 49.6 Å². The van der Waals surface area contributed by atoms with Crippen LogP contribution in [0.4, 0.5) is 17.6 Å². The average Bonchev–Trinajstić information content (AvgIpc) is 3.19. The highest BCUT2D eigenvalue weighted by Gasteiger charge is 2.36. The van der Waals surface area contributed by atoms with Gasteiger partial charge in [-0.3, -0.25) is 4.21 Å². The summed E-state index contributed by atoms with van der Waals surface area (Å²) in [6.07, 6.45) is 2.45. The molecule has 2 atom stereocenters. The minimum Gasteiger partial charge on any atom is -0.487 e. The summed E-state index contributed by atoms with van der Waals surface area (Å²) in [4.78, 5) is 19.3. The molecule has 10 heteroatoms. The SMILES string of the molecule is CC#Cc1cnc2c(c1)OC[C@H]1CN(c3nc4c(c(NC(C)(C)CO)n3)[S@](=O)CC4)CCN21. The number of anilines is 3. The number of pyridine rings is 1. The first-order valence-electron chi connectivity index (χ1n) is 11.1. The van der Waals surface area contributed by atoms with Gasteiger partial charge in [0.25, 0.3) is 0 Å². The fraction of sp³-hybridized carbons (Fsp3) is 0.522. The van der Waals surface area contributed by atoms with E-state index in [1.807, 2.05) is 19.9 Å². The molecule has 0 amide bonds. The molecule has 2 aromatic rings. The molecule has 0 aromatic carbocycles. The second-order valence-electron chi connectivity index (χ2n) is 9.14.